The van der Waals surface area contributed by atoms with Crippen LogP contribution < -0.4 is 0 Å². The van der Waals surface area contributed by atoms with E-state index in [-0.39, 0.29) is 18.4 Å². The molecule has 0 saturated heterocycles. The van der Waals surface area contributed by atoms with Crippen LogP contribution in [0, 0.1) is 23.7 Å². The van der Waals surface area contributed by atoms with Crippen molar-refractivity contribution in [2.75, 3.05) is 6.61 Å². The Balaban J connectivity index is 2.53. The van der Waals surface area contributed by atoms with Crippen molar-refractivity contribution in [2.45, 2.75) is 63.8 Å². The van der Waals surface area contributed by atoms with Gasteiger partial charge in [0.1, 0.15) is 6.10 Å². The lowest BCUT2D eigenvalue weighted by Gasteiger charge is -2.17. The largest absolute Gasteiger partial charge is 0.396 e. The SMILES string of the molecule is CCCCC[C@@H](O)C#C[C@@H]1[C@@H](CCO)[C@@H](O)C[C@H]1O. The minimum absolute atomic E-state index is 0.0221. The number of unbranched alkanes of at least 4 members (excludes halogenated alkanes) is 2. The average Bonchev–Trinajstić information content (AvgIpc) is 2.63. The van der Waals surface area contributed by atoms with E-state index in [2.05, 4.69) is 18.8 Å². The van der Waals surface area contributed by atoms with Crippen LogP contribution in [-0.4, -0.2) is 45.3 Å². The summed E-state index contributed by atoms with van der Waals surface area (Å²) in [7, 11) is 0. The average molecular weight is 270 g/mol. The quantitative estimate of drug-likeness (QED) is 0.422. The van der Waals surface area contributed by atoms with Gasteiger partial charge in [-0.3, -0.25) is 0 Å². The van der Waals surface area contributed by atoms with Gasteiger partial charge in [-0.15, -0.1) is 0 Å². The van der Waals surface area contributed by atoms with Gasteiger partial charge in [0.05, 0.1) is 18.1 Å². The van der Waals surface area contributed by atoms with Crippen LogP contribution in [0.2, 0.25) is 0 Å². The molecule has 0 aliphatic heterocycles. The summed E-state index contributed by atoms with van der Waals surface area (Å²) in [6.07, 6.45) is 2.58. The van der Waals surface area contributed by atoms with E-state index in [0.717, 1.165) is 19.3 Å². The zero-order valence-corrected chi connectivity index (χ0v) is 11.6. The van der Waals surface area contributed by atoms with Crippen molar-refractivity contribution in [1.82, 2.24) is 0 Å². The first-order valence-corrected chi connectivity index (χ1v) is 7.26. The molecule has 0 amide bonds. The van der Waals surface area contributed by atoms with E-state index >= 15 is 0 Å². The molecule has 4 heteroatoms. The maximum absolute atomic E-state index is 9.86. The number of rotatable bonds is 6. The minimum Gasteiger partial charge on any atom is -0.396 e. The van der Waals surface area contributed by atoms with Crippen molar-refractivity contribution in [2.24, 2.45) is 11.8 Å². The van der Waals surface area contributed by atoms with Gasteiger partial charge in [-0.05, 0) is 19.3 Å². The van der Waals surface area contributed by atoms with Crippen molar-refractivity contribution in [3.8, 4) is 11.8 Å². The molecule has 0 aromatic heterocycles. The molecule has 4 N–H and O–H groups in total. The van der Waals surface area contributed by atoms with Gasteiger partial charge in [-0.2, -0.15) is 0 Å². The molecule has 1 aliphatic carbocycles. The Bertz CT molecular complexity index is 307. The molecule has 0 aromatic carbocycles. The monoisotopic (exact) mass is 270 g/mol. The first kappa shape index (κ1) is 16.5. The first-order valence-electron chi connectivity index (χ1n) is 7.26. The molecule has 1 fully saturated rings. The fourth-order valence-electron chi connectivity index (χ4n) is 2.67. The highest BCUT2D eigenvalue weighted by atomic mass is 16.3. The molecule has 0 spiro atoms. The van der Waals surface area contributed by atoms with Crippen LogP contribution in [-0.2, 0) is 0 Å². The fraction of sp³-hybridized carbons (Fsp3) is 0.867. The van der Waals surface area contributed by atoms with Crippen molar-refractivity contribution in [1.29, 1.82) is 0 Å². The standard InChI is InChI=1S/C15H26O4/c1-2-3-4-5-11(17)6-7-12-13(8-9-16)15(19)10-14(12)18/h11-19H,2-5,8-10H2,1H3/t11-,12-,13-,14-,15+/m1/s1. The molecule has 110 valence electrons. The van der Waals surface area contributed by atoms with Crippen LogP contribution in [0.1, 0.15) is 45.4 Å². The summed E-state index contributed by atoms with van der Waals surface area (Å²) in [5.41, 5.74) is 0. The maximum Gasteiger partial charge on any atom is 0.114 e. The molecule has 1 aliphatic rings. The van der Waals surface area contributed by atoms with Crippen LogP contribution in [0.4, 0.5) is 0 Å². The molecule has 0 aromatic rings. The molecule has 1 rings (SSSR count). The van der Waals surface area contributed by atoms with Gasteiger partial charge < -0.3 is 20.4 Å². The Kier molecular flexibility index (Phi) is 7.40. The lowest BCUT2D eigenvalue weighted by molar-refractivity contribution is 0.104. The first-order chi connectivity index (χ1) is 9.10. The maximum atomic E-state index is 9.86. The third-order valence-corrected chi connectivity index (χ3v) is 3.81. The normalized spacial score (nSPS) is 31.8. The van der Waals surface area contributed by atoms with E-state index in [1.165, 1.54) is 0 Å². The highest BCUT2D eigenvalue weighted by molar-refractivity contribution is 5.14. The summed E-state index contributed by atoms with van der Waals surface area (Å²) >= 11 is 0. The lowest BCUT2D eigenvalue weighted by Crippen LogP contribution is -2.22. The van der Waals surface area contributed by atoms with Crippen molar-refractivity contribution in [3.05, 3.63) is 0 Å². The Morgan fingerprint density at radius 2 is 1.95 bits per heavy atom. The minimum atomic E-state index is -0.665. The van der Waals surface area contributed by atoms with E-state index in [1.54, 1.807) is 0 Å². The second-order valence-electron chi connectivity index (χ2n) is 5.37. The van der Waals surface area contributed by atoms with Gasteiger partial charge >= 0.3 is 0 Å². The Hall–Kier alpha value is -0.600. The van der Waals surface area contributed by atoms with E-state index in [9.17, 15) is 15.3 Å². The summed E-state index contributed by atoms with van der Waals surface area (Å²) < 4.78 is 0. The Labute approximate surface area is 115 Å². The molecular weight excluding hydrogens is 244 g/mol. The Morgan fingerprint density at radius 1 is 1.21 bits per heavy atom. The van der Waals surface area contributed by atoms with E-state index < -0.39 is 18.3 Å². The predicted octanol–water partition coefficient (Wildman–Crippen LogP) is 0.671. The van der Waals surface area contributed by atoms with Crippen molar-refractivity contribution in [3.63, 3.8) is 0 Å². The predicted molar refractivity (Wildman–Crippen MR) is 73.2 cm³/mol. The Morgan fingerprint density at radius 3 is 2.58 bits per heavy atom. The van der Waals surface area contributed by atoms with Crippen LogP contribution in [0.3, 0.4) is 0 Å². The number of hydrogen-bond acceptors (Lipinski definition) is 4. The van der Waals surface area contributed by atoms with E-state index in [0.29, 0.717) is 19.3 Å². The van der Waals surface area contributed by atoms with Crippen LogP contribution in [0.15, 0.2) is 0 Å². The third kappa shape index (κ3) is 5.12. The molecule has 0 bridgehead atoms. The summed E-state index contributed by atoms with van der Waals surface area (Å²) in [5, 5.41) is 38.4. The second kappa shape index (κ2) is 8.55. The molecule has 4 nitrogen and oxygen atoms in total. The molecule has 0 unspecified atom stereocenters. The van der Waals surface area contributed by atoms with Gasteiger partial charge in [0, 0.05) is 18.9 Å². The smallest absolute Gasteiger partial charge is 0.114 e. The van der Waals surface area contributed by atoms with Gasteiger partial charge in [0.15, 0.2) is 0 Å². The second-order valence-corrected chi connectivity index (χ2v) is 5.37. The van der Waals surface area contributed by atoms with E-state index in [4.69, 9.17) is 5.11 Å². The third-order valence-electron chi connectivity index (χ3n) is 3.81. The molecule has 1 saturated carbocycles. The van der Waals surface area contributed by atoms with Gasteiger partial charge in [-0.1, -0.05) is 31.6 Å². The van der Waals surface area contributed by atoms with Crippen molar-refractivity contribution >= 4 is 0 Å². The van der Waals surface area contributed by atoms with Crippen LogP contribution in [0.25, 0.3) is 0 Å². The summed E-state index contributed by atoms with van der Waals surface area (Å²) in [6.45, 7) is 2.08. The summed E-state index contributed by atoms with van der Waals surface area (Å²) in [4.78, 5) is 0. The van der Waals surface area contributed by atoms with Crippen LogP contribution >= 0.6 is 0 Å². The highest BCUT2D eigenvalue weighted by Gasteiger charge is 2.40. The summed E-state index contributed by atoms with van der Waals surface area (Å²) in [6, 6.07) is 0. The molecule has 0 heterocycles. The van der Waals surface area contributed by atoms with Gasteiger partial charge in [-0.25, -0.2) is 0 Å². The molecule has 0 radical (unpaired) electrons. The number of hydrogen-bond donors (Lipinski definition) is 4. The number of aliphatic hydroxyl groups is 4. The van der Waals surface area contributed by atoms with Crippen LogP contribution in [0.5, 0.6) is 0 Å². The summed E-state index contributed by atoms with van der Waals surface area (Å²) in [5.74, 6) is 5.13. The van der Waals surface area contributed by atoms with Gasteiger partial charge in [0.25, 0.3) is 0 Å². The highest BCUT2D eigenvalue weighted by Crippen LogP contribution is 2.34. The topological polar surface area (TPSA) is 80.9 Å². The molecule has 5 atom stereocenters. The van der Waals surface area contributed by atoms with Gasteiger partial charge in [0.2, 0.25) is 0 Å². The number of aliphatic hydroxyl groups excluding tert-OH is 4. The zero-order chi connectivity index (χ0) is 14.3. The fourth-order valence-corrected chi connectivity index (χ4v) is 2.67. The van der Waals surface area contributed by atoms with Crippen molar-refractivity contribution < 1.29 is 20.4 Å². The zero-order valence-electron chi connectivity index (χ0n) is 11.6. The molecule has 19 heavy (non-hydrogen) atoms. The molecular formula is C15H26O4. The lowest BCUT2D eigenvalue weighted by atomic mass is 9.91. The van der Waals surface area contributed by atoms with E-state index in [1.807, 2.05) is 0 Å².